The van der Waals surface area contributed by atoms with E-state index in [0.717, 1.165) is 28.3 Å². The first-order chi connectivity index (χ1) is 17.0. The number of rotatable bonds is 6. The number of benzene rings is 4. The second-order valence-electron chi connectivity index (χ2n) is 8.06. The molecule has 0 fully saturated rings. The lowest BCUT2D eigenvalue weighted by Gasteiger charge is -2.38. The fourth-order valence-corrected chi connectivity index (χ4v) is 4.53. The third-order valence-corrected chi connectivity index (χ3v) is 6.45. The fourth-order valence-electron chi connectivity index (χ4n) is 4.07. The smallest absolute Gasteiger partial charge is 0.262 e. The quantitative estimate of drug-likeness (QED) is 0.298. The van der Waals surface area contributed by atoms with Crippen LogP contribution in [-0.4, -0.2) is 13.0 Å². The maximum atomic E-state index is 13.6. The number of fused-ring (bicyclic) bond motifs is 1. The molecule has 0 saturated carbocycles. The van der Waals surface area contributed by atoms with Crippen LogP contribution in [0.1, 0.15) is 27.7 Å². The molecule has 176 valence electrons. The van der Waals surface area contributed by atoms with Crippen molar-refractivity contribution in [2.24, 2.45) is 0 Å². The van der Waals surface area contributed by atoms with Crippen molar-refractivity contribution in [1.82, 2.24) is 0 Å². The Morgan fingerprint density at radius 2 is 1.69 bits per heavy atom. The number of anilines is 2. The summed E-state index contributed by atoms with van der Waals surface area (Å²) in [5.41, 5.74) is 3.86. The number of nitrogens with one attached hydrogen (secondary N) is 1. The highest BCUT2D eigenvalue weighted by Crippen LogP contribution is 2.38. The van der Waals surface area contributed by atoms with Crippen LogP contribution in [-0.2, 0) is 6.61 Å². The highest BCUT2D eigenvalue weighted by molar-refractivity contribution is 6.35. The van der Waals surface area contributed by atoms with Crippen molar-refractivity contribution < 1.29 is 14.3 Å². The number of halogens is 2. The Hall–Kier alpha value is -3.67. The number of amides is 1. The van der Waals surface area contributed by atoms with E-state index in [4.69, 9.17) is 32.7 Å². The van der Waals surface area contributed by atoms with Crippen molar-refractivity contribution >= 4 is 40.5 Å². The van der Waals surface area contributed by atoms with Gasteiger partial charge >= 0.3 is 0 Å². The number of carbonyl (C=O) groups is 1. The van der Waals surface area contributed by atoms with Crippen molar-refractivity contribution in [3.05, 3.63) is 118 Å². The predicted molar refractivity (Wildman–Crippen MR) is 140 cm³/mol. The standard InChI is InChI=1S/C28H22Cl2N2O3/c1-34-22-13-11-21(12-14-22)32-27(31-26-8-3-2-7-24(26)28(32)33)18-5-4-6-23(15-18)35-17-19-9-10-20(29)16-25(19)30/h2-16,27,31H,17H2,1H3/t27-/m0/s1. The predicted octanol–water partition coefficient (Wildman–Crippen LogP) is 7.35. The zero-order valence-electron chi connectivity index (χ0n) is 18.9. The number of carbonyl (C=O) groups excluding carboxylic acids is 1. The van der Waals surface area contributed by atoms with Crippen LogP contribution in [0, 0.1) is 0 Å². The van der Waals surface area contributed by atoms with E-state index in [1.807, 2.05) is 78.9 Å². The summed E-state index contributed by atoms with van der Waals surface area (Å²) < 4.78 is 11.3. The number of methoxy groups -OCH3 is 1. The first-order valence-corrected chi connectivity index (χ1v) is 11.8. The van der Waals surface area contributed by atoms with Crippen LogP contribution < -0.4 is 19.7 Å². The van der Waals surface area contributed by atoms with Crippen LogP contribution in [0.25, 0.3) is 0 Å². The number of hydrogen-bond donors (Lipinski definition) is 1. The van der Waals surface area contributed by atoms with E-state index in [0.29, 0.717) is 28.0 Å². The first-order valence-electron chi connectivity index (χ1n) is 11.0. The molecule has 0 radical (unpaired) electrons. The third-order valence-electron chi connectivity index (χ3n) is 5.86. The summed E-state index contributed by atoms with van der Waals surface area (Å²) in [5.74, 6) is 1.30. The normalized spacial score (nSPS) is 14.8. The van der Waals surface area contributed by atoms with Crippen molar-refractivity contribution in [3.63, 3.8) is 0 Å². The van der Waals surface area contributed by atoms with E-state index in [-0.39, 0.29) is 5.91 Å². The van der Waals surface area contributed by atoms with Gasteiger partial charge in [-0.2, -0.15) is 0 Å². The molecule has 7 heteroatoms. The SMILES string of the molecule is COc1ccc(N2C(=O)c3ccccc3N[C@@H]2c2cccc(OCc3ccc(Cl)cc3Cl)c2)cc1. The van der Waals surface area contributed by atoms with Crippen LogP contribution in [0.3, 0.4) is 0 Å². The maximum absolute atomic E-state index is 13.6. The topological polar surface area (TPSA) is 50.8 Å². The molecule has 0 saturated heterocycles. The Labute approximate surface area is 213 Å². The van der Waals surface area contributed by atoms with Gasteiger partial charge in [-0.05, 0) is 66.2 Å². The van der Waals surface area contributed by atoms with Crippen molar-refractivity contribution in [3.8, 4) is 11.5 Å². The first kappa shape index (κ1) is 23.1. The van der Waals surface area contributed by atoms with Gasteiger partial charge in [-0.25, -0.2) is 0 Å². The molecule has 0 unspecified atom stereocenters. The summed E-state index contributed by atoms with van der Waals surface area (Å²) in [4.78, 5) is 15.4. The minimum Gasteiger partial charge on any atom is -0.497 e. The summed E-state index contributed by atoms with van der Waals surface area (Å²) >= 11 is 12.3. The Balaban J connectivity index is 1.47. The molecule has 0 bridgehead atoms. The summed E-state index contributed by atoms with van der Waals surface area (Å²) in [6.45, 7) is 0.293. The summed E-state index contributed by atoms with van der Waals surface area (Å²) in [5, 5.41) is 4.65. The van der Waals surface area contributed by atoms with E-state index in [1.165, 1.54) is 0 Å². The molecule has 1 amide bonds. The zero-order chi connectivity index (χ0) is 24.4. The van der Waals surface area contributed by atoms with Crippen LogP contribution in [0.4, 0.5) is 11.4 Å². The molecular weight excluding hydrogens is 483 g/mol. The second kappa shape index (κ2) is 9.90. The van der Waals surface area contributed by atoms with Gasteiger partial charge in [0.2, 0.25) is 0 Å². The van der Waals surface area contributed by atoms with Crippen molar-refractivity contribution in [2.45, 2.75) is 12.8 Å². The Kier molecular flexibility index (Phi) is 6.53. The molecule has 5 nitrogen and oxygen atoms in total. The Morgan fingerprint density at radius 1 is 0.886 bits per heavy atom. The molecule has 4 aromatic rings. The average Bonchev–Trinajstić information content (AvgIpc) is 2.88. The van der Waals surface area contributed by atoms with E-state index < -0.39 is 6.17 Å². The van der Waals surface area contributed by atoms with Gasteiger partial charge in [-0.1, -0.05) is 53.5 Å². The van der Waals surface area contributed by atoms with E-state index in [1.54, 1.807) is 24.1 Å². The van der Waals surface area contributed by atoms with E-state index in [9.17, 15) is 4.79 Å². The van der Waals surface area contributed by atoms with Gasteiger partial charge in [0.15, 0.2) is 0 Å². The highest BCUT2D eigenvalue weighted by atomic mass is 35.5. The number of ether oxygens (including phenoxy) is 2. The largest absolute Gasteiger partial charge is 0.497 e. The minimum absolute atomic E-state index is 0.0891. The van der Waals surface area contributed by atoms with E-state index >= 15 is 0 Å². The third kappa shape index (κ3) is 4.78. The lowest BCUT2D eigenvalue weighted by Crippen LogP contribution is -2.43. The Morgan fingerprint density at radius 3 is 2.46 bits per heavy atom. The fraction of sp³-hybridized carbons (Fsp3) is 0.107. The van der Waals surface area contributed by atoms with Crippen LogP contribution >= 0.6 is 23.2 Å². The molecule has 4 aromatic carbocycles. The molecule has 0 aromatic heterocycles. The molecule has 0 aliphatic carbocycles. The molecule has 1 N–H and O–H groups in total. The van der Waals surface area contributed by atoms with Crippen LogP contribution in [0.15, 0.2) is 91.0 Å². The molecule has 1 atom stereocenters. The number of nitrogens with zero attached hydrogens (tertiary/aromatic N) is 1. The maximum Gasteiger partial charge on any atom is 0.262 e. The number of para-hydroxylation sites is 1. The second-order valence-corrected chi connectivity index (χ2v) is 8.91. The van der Waals surface area contributed by atoms with Gasteiger partial charge in [0.25, 0.3) is 5.91 Å². The summed E-state index contributed by atoms with van der Waals surface area (Å²) in [7, 11) is 1.62. The van der Waals surface area contributed by atoms with Gasteiger partial charge < -0.3 is 14.8 Å². The average molecular weight is 505 g/mol. The molecule has 1 aliphatic heterocycles. The molecule has 5 rings (SSSR count). The monoisotopic (exact) mass is 504 g/mol. The summed E-state index contributed by atoms with van der Waals surface area (Å²) in [6.07, 6.45) is -0.437. The molecule has 0 spiro atoms. The molecule has 1 aliphatic rings. The van der Waals surface area contributed by atoms with Crippen LogP contribution in [0.5, 0.6) is 11.5 Å². The Bertz CT molecular complexity index is 1370. The van der Waals surface area contributed by atoms with Gasteiger partial charge in [0.1, 0.15) is 24.3 Å². The van der Waals surface area contributed by atoms with Crippen molar-refractivity contribution in [2.75, 3.05) is 17.3 Å². The van der Waals surface area contributed by atoms with Gasteiger partial charge in [-0.15, -0.1) is 0 Å². The van der Waals surface area contributed by atoms with E-state index in [2.05, 4.69) is 5.32 Å². The molecule has 35 heavy (non-hydrogen) atoms. The van der Waals surface area contributed by atoms with Gasteiger partial charge in [0.05, 0.1) is 12.7 Å². The van der Waals surface area contributed by atoms with Gasteiger partial charge in [0, 0.05) is 27.0 Å². The molecular formula is C28H22Cl2N2O3. The number of hydrogen-bond acceptors (Lipinski definition) is 4. The van der Waals surface area contributed by atoms with Crippen molar-refractivity contribution in [1.29, 1.82) is 0 Å². The summed E-state index contributed by atoms with van der Waals surface area (Å²) in [6, 6.07) is 28.0. The highest BCUT2D eigenvalue weighted by Gasteiger charge is 2.34. The minimum atomic E-state index is -0.437. The van der Waals surface area contributed by atoms with Gasteiger partial charge in [-0.3, -0.25) is 9.69 Å². The lowest BCUT2D eigenvalue weighted by atomic mass is 10.0. The molecule has 1 heterocycles. The van der Waals surface area contributed by atoms with Crippen LogP contribution in [0.2, 0.25) is 10.0 Å². The zero-order valence-corrected chi connectivity index (χ0v) is 20.4. The lowest BCUT2D eigenvalue weighted by molar-refractivity contribution is 0.0975.